The molecule has 0 N–H and O–H groups in total. The van der Waals surface area contributed by atoms with E-state index in [1.807, 2.05) is 25.7 Å². The Hall–Kier alpha value is -2.11. The van der Waals surface area contributed by atoms with E-state index in [1.165, 1.54) is 12.1 Å². The molecule has 0 radical (unpaired) electrons. The lowest BCUT2D eigenvalue weighted by Gasteiger charge is -2.35. The molecule has 0 aliphatic carbocycles. The van der Waals surface area contributed by atoms with Gasteiger partial charge < -0.3 is 14.5 Å². The first-order valence-corrected chi connectivity index (χ1v) is 9.25. The first-order chi connectivity index (χ1) is 12.2. The van der Waals surface area contributed by atoms with E-state index in [-0.39, 0.29) is 17.8 Å². The molecule has 0 spiro atoms. The smallest absolute Gasteiger partial charge is 0.410 e. The van der Waals surface area contributed by atoms with Crippen molar-refractivity contribution < 1.29 is 18.7 Å². The normalized spacial score (nSPS) is 15.1. The van der Waals surface area contributed by atoms with Gasteiger partial charge >= 0.3 is 6.09 Å². The van der Waals surface area contributed by atoms with Gasteiger partial charge in [0.1, 0.15) is 11.4 Å². The van der Waals surface area contributed by atoms with E-state index in [0.717, 1.165) is 24.8 Å². The van der Waals surface area contributed by atoms with Crippen molar-refractivity contribution in [2.45, 2.75) is 52.1 Å². The van der Waals surface area contributed by atoms with Crippen LogP contribution in [-0.2, 0) is 16.0 Å². The van der Waals surface area contributed by atoms with E-state index in [2.05, 4.69) is 0 Å². The molecule has 0 atom stereocenters. The molecule has 1 heterocycles. The SMILES string of the molecule is CC(C)(C)OC(=O)N1CCN(C(=O)CCCCc2ccc(F)cc2)CC1. The summed E-state index contributed by atoms with van der Waals surface area (Å²) in [4.78, 5) is 27.8. The van der Waals surface area contributed by atoms with Crippen LogP contribution in [0.3, 0.4) is 0 Å². The number of amides is 2. The minimum absolute atomic E-state index is 0.132. The Labute approximate surface area is 155 Å². The van der Waals surface area contributed by atoms with Crippen molar-refractivity contribution >= 4 is 12.0 Å². The number of piperazine rings is 1. The third-order valence-electron chi connectivity index (χ3n) is 4.30. The fourth-order valence-corrected chi connectivity index (χ4v) is 2.88. The molecule has 144 valence electrons. The van der Waals surface area contributed by atoms with Gasteiger partial charge in [-0.05, 0) is 57.7 Å². The van der Waals surface area contributed by atoms with Crippen LogP contribution in [0.15, 0.2) is 24.3 Å². The Morgan fingerprint density at radius 1 is 1.00 bits per heavy atom. The maximum absolute atomic E-state index is 12.9. The molecular formula is C20H29FN2O3. The van der Waals surface area contributed by atoms with E-state index in [0.29, 0.717) is 32.6 Å². The monoisotopic (exact) mass is 364 g/mol. The van der Waals surface area contributed by atoms with Gasteiger partial charge in [-0.25, -0.2) is 9.18 Å². The van der Waals surface area contributed by atoms with Gasteiger partial charge in [-0.15, -0.1) is 0 Å². The van der Waals surface area contributed by atoms with Crippen LogP contribution in [0.5, 0.6) is 0 Å². The second-order valence-electron chi connectivity index (χ2n) is 7.68. The van der Waals surface area contributed by atoms with Crippen molar-refractivity contribution in [1.82, 2.24) is 9.80 Å². The summed E-state index contributed by atoms with van der Waals surface area (Å²) >= 11 is 0. The van der Waals surface area contributed by atoms with E-state index < -0.39 is 5.60 Å². The van der Waals surface area contributed by atoms with Crippen LogP contribution >= 0.6 is 0 Å². The van der Waals surface area contributed by atoms with Crippen LogP contribution in [0.25, 0.3) is 0 Å². The molecule has 1 saturated heterocycles. The first-order valence-electron chi connectivity index (χ1n) is 9.25. The lowest BCUT2D eigenvalue weighted by atomic mass is 10.1. The minimum atomic E-state index is -0.505. The van der Waals surface area contributed by atoms with Gasteiger partial charge in [0.15, 0.2) is 0 Å². The van der Waals surface area contributed by atoms with Crippen molar-refractivity contribution in [3.63, 3.8) is 0 Å². The summed E-state index contributed by atoms with van der Waals surface area (Å²) in [6, 6.07) is 6.50. The highest BCUT2D eigenvalue weighted by Crippen LogP contribution is 2.13. The summed E-state index contributed by atoms with van der Waals surface area (Å²) in [5, 5.41) is 0. The number of carbonyl (C=O) groups excluding carboxylic acids is 2. The highest BCUT2D eigenvalue weighted by Gasteiger charge is 2.27. The first kappa shape index (κ1) is 20.2. The Kier molecular flexibility index (Phi) is 7.00. The van der Waals surface area contributed by atoms with E-state index in [1.54, 1.807) is 17.0 Å². The van der Waals surface area contributed by atoms with Gasteiger partial charge in [-0.2, -0.15) is 0 Å². The molecule has 1 aliphatic rings. The summed E-state index contributed by atoms with van der Waals surface area (Å²) in [6.45, 7) is 7.66. The number of unbranched alkanes of at least 4 members (excludes halogenated alkanes) is 1. The Bertz CT molecular complexity index is 602. The summed E-state index contributed by atoms with van der Waals surface area (Å²) in [6.07, 6.45) is 2.75. The number of nitrogens with zero attached hydrogens (tertiary/aromatic N) is 2. The van der Waals surface area contributed by atoms with Crippen LogP contribution in [0.2, 0.25) is 0 Å². The van der Waals surface area contributed by atoms with Gasteiger partial charge in [0.25, 0.3) is 0 Å². The summed E-state index contributed by atoms with van der Waals surface area (Å²) in [7, 11) is 0. The van der Waals surface area contributed by atoms with Crippen LogP contribution < -0.4 is 0 Å². The third kappa shape index (κ3) is 6.65. The number of carbonyl (C=O) groups is 2. The molecule has 6 heteroatoms. The molecule has 2 rings (SSSR count). The second-order valence-corrected chi connectivity index (χ2v) is 7.68. The maximum atomic E-state index is 12.9. The zero-order valence-corrected chi connectivity index (χ0v) is 16.0. The lowest BCUT2D eigenvalue weighted by molar-refractivity contribution is -0.133. The second kappa shape index (κ2) is 9.01. The number of hydrogen-bond acceptors (Lipinski definition) is 3. The number of aryl methyl sites for hydroxylation is 1. The quantitative estimate of drug-likeness (QED) is 0.750. The number of rotatable bonds is 5. The molecule has 0 unspecified atom stereocenters. The molecular weight excluding hydrogens is 335 g/mol. The summed E-state index contributed by atoms with van der Waals surface area (Å²) in [5.41, 5.74) is 0.582. The van der Waals surface area contributed by atoms with Crippen molar-refractivity contribution in [1.29, 1.82) is 0 Å². The van der Waals surface area contributed by atoms with Gasteiger partial charge in [0.05, 0.1) is 0 Å². The van der Waals surface area contributed by atoms with Gasteiger partial charge in [-0.1, -0.05) is 12.1 Å². The molecule has 0 bridgehead atoms. The molecule has 1 fully saturated rings. The highest BCUT2D eigenvalue weighted by molar-refractivity contribution is 5.76. The van der Waals surface area contributed by atoms with Crippen molar-refractivity contribution in [2.75, 3.05) is 26.2 Å². The van der Waals surface area contributed by atoms with Crippen LogP contribution in [0, 0.1) is 5.82 Å². The topological polar surface area (TPSA) is 49.9 Å². The largest absolute Gasteiger partial charge is 0.444 e. The number of benzene rings is 1. The molecule has 26 heavy (non-hydrogen) atoms. The summed E-state index contributed by atoms with van der Waals surface area (Å²) < 4.78 is 18.2. The molecule has 5 nitrogen and oxygen atoms in total. The average molecular weight is 364 g/mol. The number of ether oxygens (including phenoxy) is 1. The zero-order chi connectivity index (χ0) is 19.2. The lowest BCUT2D eigenvalue weighted by Crippen LogP contribution is -2.51. The number of halogens is 1. The van der Waals surface area contributed by atoms with Crippen molar-refractivity contribution in [3.05, 3.63) is 35.6 Å². The zero-order valence-electron chi connectivity index (χ0n) is 16.0. The standard InChI is InChI=1S/C20H29FN2O3/c1-20(2,3)26-19(25)23-14-12-22(13-15-23)18(24)7-5-4-6-16-8-10-17(21)11-9-16/h8-11H,4-7,12-15H2,1-3H3. The van der Waals surface area contributed by atoms with Crippen LogP contribution in [-0.4, -0.2) is 53.6 Å². The van der Waals surface area contributed by atoms with E-state index in [4.69, 9.17) is 4.74 Å². The Morgan fingerprint density at radius 3 is 2.15 bits per heavy atom. The third-order valence-corrected chi connectivity index (χ3v) is 4.30. The van der Waals surface area contributed by atoms with E-state index in [9.17, 15) is 14.0 Å². The molecule has 1 aromatic carbocycles. The molecule has 1 aliphatic heterocycles. The summed E-state index contributed by atoms with van der Waals surface area (Å²) in [5.74, 6) is -0.0950. The number of hydrogen-bond donors (Lipinski definition) is 0. The predicted octanol–water partition coefficient (Wildman–Crippen LogP) is 3.62. The fourth-order valence-electron chi connectivity index (χ4n) is 2.88. The minimum Gasteiger partial charge on any atom is -0.444 e. The molecule has 1 aromatic rings. The van der Waals surface area contributed by atoms with Gasteiger partial charge in [0, 0.05) is 32.6 Å². The molecule has 0 saturated carbocycles. The highest BCUT2D eigenvalue weighted by atomic mass is 19.1. The van der Waals surface area contributed by atoms with Crippen LogP contribution in [0.4, 0.5) is 9.18 Å². The Balaban J connectivity index is 1.65. The Morgan fingerprint density at radius 2 is 1.58 bits per heavy atom. The van der Waals surface area contributed by atoms with Gasteiger partial charge in [-0.3, -0.25) is 4.79 Å². The molecule has 0 aromatic heterocycles. The van der Waals surface area contributed by atoms with Gasteiger partial charge in [0.2, 0.25) is 5.91 Å². The molecule has 2 amide bonds. The fraction of sp³-hybridized carbons (Fsp3) is 0.600. The van der Waals surface area contributed by atoms with E-state index >= 15 is 0 Å². The average Bonchev–Trinajstić information content (AvgIpc) is 2.59. The van der Waals surface area contributed by atoms with Crippen molar-refractivity contribution in [2.24, 2.45) is 0 Å². The van der Waals surface area contributed by atoms with Crippen LogP contribution in [0.1, 0.15) is 45.6 Å². The maximum Gasteiger partial charge on any atom is 0.410 e. The van der Waals surface area contributed by atoms with Crippen molar-refractivity contribution in [3.8, 4) is 0 Å². The predicted molar refractivity (Wildman–Crippen MR) is 98.3 cm³/mol.